The molecular weight excluding hydrogens is 240 g/mol. The normalized spacial score (nSPS) is 11.7. The fourth-order valence-corrected chi connectivity index (χ4v) is 1.49. The van der Waals surface area contributed by atoms with Crippen molar-refractivity contribution >= 4 is 11.6 Å². The van der Waals surface area contributed by atoms with Gasteiger partial charge in [-0.3, -0.25) is 4.79 Å². The van der Waals surface area contributed by atoms with Crippen LogP contribution in [0.3, 0.4) is 0 Å². The molecule has 0 bridgehead atoms. The minimum atomic E-state index is -0.528. The van der Waals surface area contributed by atoms with Gasteiger partial charge in [0.25, 0.3) is 0 Å². The van der Waals surface area contributed by atoms with Crippen LogP contribution < -0.4 is 15.8 Å². The molecule has 19 heavy (non-hydrogen) atoms. The second-order valence-electron chi connectivity index (χ2n) is 4.22. The molecule has 3 N–H and O–H groups in total. The summed E-state index contributed by atoms with van der Waals surface area (Å²) in [6, 6.07) is 16.1. The molecular formula is C15H16N2O2. The molecule has 4 nitrogen and oxygen atoms in total. The lowest BCUT2D eigenvalue weighted by atomic mass is 10.2. The fourth-order valence-electron chi connectivity index (χ4n) is 1.49. The first-order chi connectivity index (χ1) is 9.15. The molecule has 2 aromatic rings. The van der Waals surface area contributed by atoms with Crippen molar-refractivity contribution in [3.05, 3.63) is 54.6 Å². The van der Waals surface area contributed by atoms with Crippen LogP contribution >= 0.6 is 0 Å². The summed E-state index contributed by atoms with van der Waals surface area (Å²) in [6.07, 6.45) is 0. The molecule has 0 aromatic heterocycles. The number of hydrogen-bond donors (Lipinski definition) is 2. The number of para-hydroxylation sites is 1. The molecule has 0 radical (unpaired) electrons. The Morgan fingerprint density at radius 1 is 1.05 bits per heavy atom. The Morgan fingerprint density at radius 3 is 2.21 bits per heavy atom. The smallest absolute Gasteiger partial charge is 0.240 e. The van der Waals surface area contributed by atoms with Crippen LogP contribution in [-0.4, -0.2) is 11.9 Å². The van der Waals surface area contributed by atoms with Crippen molar-refractivity contribution in [3.63, 3.8) is 0 Å². The molecule has 0 fully saturated rings. The number of carbonyl (C=O) groups excluding carboxylic acids is 1. The van der Waals surface area contributed by atoms with Gasteiger partial charge in [-0.2, -0.15) is 0 Å². The molecule has 0 saturated carbocycles. The number of rotatable bonds is 4. The lowest BCUT2D eigenvalue weighted by molar-refractivity contribution is -0.117. The second-order valence-corrected chi connectivity index (χ2v) is 4.22. The summed E-state index contributed by atoms with van der Waals surface area (Å²) in [5.74, 6) is 1.27. The maximum atomic E-state index is 11.4. The highest BCUT2D eigenvalue weighted by Gasteiger charge is 2.07. The minimum absolute atomic E-state index is 0.211. The van der Waals surface area contributed by atoms with Crippen LogP contribution in [0.1, 0.15) is 6.92 Å². The molecule has 0 saturated heterocycles. The van der Waals surface area contributed by atoms with E-state index >= 15 is 0 Å². The molecule has 1 unspecified atom stereocenters. The van der Waals surface area contributed by atoms with Crippen molar-refractivity contribution < 1.29 is 9.53 Å². The van der Waals surface area contributed by atoms with Gasteiger partial charge >= 0.3 is 0 Å². The Morgan fingerprint density at radius 2 is 1.63 bits per heavy atom. The van der Waals surface area contributed by atoms with Gasteiger partial charge in [0.2, 0.25) is 5.91 Å². The Kier molecular flexibility index (Phi) is 4.15. The van der Waals surface area contributed by atoms with Crippen LogP contribution in [0.5, 0.6) is 11.5 Å². The molecule has 0 heterocycles. The topological polar surface area (TPSA) is 64.4 Å². The molecule has 4 heteroatoms. The zero-order valence-corrected chi connectivity index (χ0v) is 10.7. The predicted molar refractivity (Wildman–Crippen MR) is 75.2 cm³/mol. The molecule has 0 spiro atoms. The van der Waals surface area contributed by atoms with Crippen LogP contribution in [0.25, 0.3) is 0 Å². The summed E-state index contributed by atoms with van der Waals surface area (Å²) in [7, 11) is 0. The van der Waals surface area contributed by atoms with E-state index in [1.165, 1.54) is 0 Å². The summed E-state index contributed by atoms with van der Waals surface area (Å²) >= 11 is 0. The highest BCUT2D eigenvalue weighted by molar-refractivity contribution is 5.94. The first-order valence-electron chi connectivity index (χ1n) is 6.04. The minimum Gasteiger partial charge on any atom is -0.457 e. The fraction of sp³-hybridized carbons (Fsp3) is 0.133. The quantitative estimate of drug-likeness (QED) is 0.884. The lowest BCUT2D eigenvalue weighted by Gasteiger charge is -2.09. The van der Waals surface area contributed by atoms with E-state index in [1.807, 2.05) is 30.3 Å². The van der Waals surface area contributed by atoms with Gasteiger partial charge in [0.05, 0.1) is 6.04 Å². The van der Waals surface area contributed by atoms with Gasteiger partial charge in [0.15, 0.2) is 0 Å². The third-order valence-corrected chi connectivity index (χ3v) is 2.51. The highest BCUT2D eigenvalue weighted by atomic mass is 16.5. The first-order valence-corrected chi connectivity index (χ1v) is 6.04. The van der Waals surface area contributed by atoms with Crippen LogP contribution in [0.4, 0.5) is 5.69 Å². The molecule has 1 atom stereocenters. The number of ether oxygens (including phenoxy) is 1. The van der Waals surface area contributed by atoms with E-state index in [1.54, 1.807) is 31.2 Å². The number of carbonyl (C=O) groups is 1. The maximum absolute atomic E-state index is 11.4. The summed E-state index contributed by atoms with van der Waals surface area (Å²) in [5.41, 5.74) is 6.18. The van der Waals surface area contributed by atoms with E-state index in [0.29, 0.717) is 11.4 Å². The van der Waals surface area contributed by atoms with Crippen molar-refractivity contribution in [3.8, 4) is 11.5 Å². The third kappa shape index (κ3) is 3.82. The largest absolute Gasteiger partial charge is 0.457 e. The summed E-state index contributed by atoms with van der Waals surface area (Å²) in [4.78, 5) is 11.4. The van der Waals surface area contributed by atoms with Crippen LogP contribution in [0, 0.1) is 0 Å². The average molecular weight is 256 g/mol. The van der Waals surface area contributed by atoms with Gasteiger partial charge in [0.1, 0.15) is 11.5 Å². The van der Waals surface area contributed by atoms with Crippen molar-refractivity contribution in [2.75, 3.05) is 5.32 Å². The maximum Gasteiger partial charge on any atom is 0.240 e. The highest BCUT2D eigenvalue weighted by Crippen LogP contribution is 2.22. The number of hydrogen-bond acceptors (Lipinski definition) is 3. The van der Waals surface area contributed by atoms with Gasteiger partial charge in [-0.1, -0.05) is 18.2 Å². The summed E-state index contributed by atoms with van der Waals surface area (Å²) in [6.45, 7) is 1.64. The summed E-state index contributed by atoms with van der Waals surface area (Å²) < 4.78 is 5.65. The number of nitrogens with one attached hydrogen (secondary N) is 1. The zero-order chi connectivity index (χ0) is 13.7. The monoisotopic (exact) mass is 256 g/mol. The average Bonchev–Trinajstić information content (AvgIpc) is 2.42. The zero-order valence-electron chi connectivity index (χ0n) is 10.7. The number of benzene rings is 2. The van der Waals surface area contributed by atoms with E-state index < -0.39 is 6.04 Å². The van der Waals surface area contributed by atoms with E-state index in [0.717, 1.165) is 5.75 Å². The van der Waals surface area contributed by atoms with Crippen molar-refractivity contribution in [1.29, 1.82) is 0 Å². The molecule has 0 aliphatic heterocycles. The molecule has 0 aliphatic rings. The van der Waals surface area contributed by atoms with E-state index in [-0.39, 0.29) is 5.91 Å². The Balaban J connectivity index is 2.01. The van der Waals surface area contributed by atoms with Gasteiger partial charge in [-0.15, -0.1) is 0 Å². The molecule has 1 amide bonds. The van der Waals surface area contributed by atoms with Crippen molar-refractivity contribution in [2.24, 2.45) is 5.73 Å². The number of anilines is 1. The number of nitrogens with two attached hydrogens (primary N) is 1. The molecule has 2 aromatic carbocycles. The van der Waals surface area contributed by atoms with E-state index in [9.17, 15) is 4.79 Å². The predicted octanol–water partition coefficient (Wildman–Crippen LogP) is 2.76. The van der Waals surface area contributed by atoms with Gasteiger partial charge in [-0.25, -0.2) is 0 Å². The van der Waals surface area contributed by atoms with Crippen molar-refractivity contribution in [1.82, 2.24) is 0 Å². The lowest BCUT2D eigenvalue weighted by Crippen LogP contribution is -2.32. The first kappa shape index (κ1) is 13.1. The van der Waals surface area contributed by atoms with Crippen LogP contribution in [-0.2, 0) is 4.79 Å². The van der Waals surface area contributed by atoms with E-state index in [4.69, 9.17) is 10.5 Å². The standard InChI is InChI=1S/C15H16N2O2/c1-11(16)15(18)17-12-7-9-14(10-8-12)19-13-5-3-2-4-6-13/h2-11H,16H2,1H3,(H,17,18). The van der Waals surface area contributed by atoms with Crippen LogP contribution in [0.2, 0.25) is 0 Å². The van der Waals surface area contributed by atoms with Gasteiger partial charge in [0, 0.05) is 5.69 Å². The third-order valence-electron chi connectivity index (χ3n) is 2.51. The van der Waals surface area contributed by atoms with Gasteiger partial charge in [-0.05, 0) is 43.3 Å². The van der Waals surface area contributed by atoms with Crippen molar-refractivity contribution in [2.45, 2.75) is 13.0 Å². The Labute approximate surface area is 112 Å². The Bertz CT molecular complexity index is 536. The molecule has 98 valence electrons. The number of amides is 1. The second kappa shape index (κ2) is 6.02. The Hall–Kier alpha value is -2.33. The van der Waals surface area contributed by atoms with Gasteiger partial charge < -0.3 is 15.8 Å². The summed E-state index contributed by atoms with van der Waals surface area (Å²) in [5, 5.41) is 2.71. The molecule has 2 rings (SSSR count). The van der Waals surface area contributed by atoms with E-state index in [2.05, 4.69) is 5.32 Å². The van der Waals surface area contributed by atoms with Crippen LogP contribution in [0.15, 0.2) is 54.6 Å². The molecule has 0 aliphatic carbocycles. The SMILES string of the molecule is CC(N)C(=O)Nc1ccc(Oc2ccccc2)cc1.